The average Bonchev–Trinajstić information content (AvgIpc) is 2.49. The molecule has 0 spiro atoms. The van der Waals surface area contributed by atoms with Crippen molar-refractivity contribution in [3.8, 4) is 0 Å². The van der Waals surface area contributed by atoms with Gasteiger partial charge in [0.15, 0.2) is 0 Å². The first-order valence-electron chi connectivity index (χ1n) is 6.83. The van der Waals surface area contributed by atoms with E-state index in [2.05, 4.69) is 9.97 Å². The fourth-order valence-corrected chi connectivity index (χ4v) is 2.41. The number of nitrogens with zero attached hydrogens (tertiary/aromatic N) is 4. The first-order valence-corrected chi connectivity index (χ1v) is 6.83. The first-order chi connectivity index (χ1) is 9.74. The minimum absolute atomic E-state index is 0.0899. The minimum atomic E-state index is -0.317. The van der Waals surface area contributed by atoms with E-state index in [1.54, 1.807) is 9.96 Å². The SMILES string of the molecule is CC1COCCN1OC(=O)N1CCc2cncnc2C1. The molecule has 1 amide bonds. The number of carbonyl (C=O) groups excluding carboxylic acids is 1. The van der Waals surface area contributed by atoms with Crippen LogP contribution in [0.25, 0.3) is 0 Å². The molecule has 3 rings (SSSR count). The zero-order chi connectivity index (χ0) is 13.9. The smallest absolute Gasteiger partial charge is 0.378 e. The van der Waals surface area contributed by atoms with Crippen LogP contribution in [-0.2, 0) is 22.5 Å². The van der Waals surface area contributed by atoms with Crippen molar-refractivity contribution >= 4 is 6.09 Å². The number of morpholine rings is 1. The summed E-state index contributed by atoms with van der Waals surface area (Å²) in [4.78, 5) is 27.6. The summed E-state index contributed by atoms with van der Waals surface area (Å²) in [5.74, 6) is 0. The molecule has 2 aliphatic heterocycles. The largest absolute Gasteiger partial charge is 0.429 e. The zero-order valence-corrected chi connectivity index (χ0v) is 11.5. The predicted octanol–water partition coefficient (Wildman–Crippen LogP) is 0.607. The molecule has 7 nitrogen and oxygen atoms in total. The summed E-state index contributed by atoms with van der Waals surface area (Å²) in [6, 6.07) is 0.0899. The number of hydroxylamine groups is 2. The van der Waals surface area contributed by atoms with E-state index in [4.69, 9.17) is 9.57 Å². The molecule has 0 radical (unpaired) electrons. The van der Waals surface area contributed by atoms with Crippen LogP contribution in [0.5, 0.6) is 0 Å². The highest BCUT2D eigenvalue weighted by atomic mass is 16.7. The van der Waals surface area contributed by atoms with Crippen molar-refractivity contribution in [2.45, 2.75) is 25.9 Å². The number of ether oxygens (including phenoxy) is 1. The number of amides is 1. The van der Waals surface area contributed by atoms with Gasteiger partial charge in [0, 0.05) is 12.7 Å². The number of carbonyl (C=O) groups is 1. The van der Waals surface area contributed by atoms with E-state index in [0.29, 0.717) is 32.8 Å². The molecule has 1 aromatic heterocycles. The van der Waals surface area contributed by atoms with Gasteiger partial charge in [-0.2, -0.15) is 0 Å². The molecule has 1 unspecified atom stereocenters. The van der Waals surface area contributed by atoms with Gasteiger partial charge in [-0.25, -0.2) is 14.8 Å². The van der Waals surface area contributed by atoms with Crippen LogP contribution >= 0.6 is 0 Å². The van der Waals surface area contributed by atoms with Crippen LogP contribution in [0.3, 0.4) is 0 Å². The molecular formula is C13H18N4O3. The Morgan fingerprint density at radius 1 is 1.50 bits per heavy atom. The number of aromatic nitrogens is 2. The highest BCUT2D eigenvalue weighted by molar-refractivity contribution is 5.67. The number of rotatable bonds is 1. The van der Waals surface area contributed by atoms with Gasteiger partial charge in [-0.05, 0) is 18.9 Å². The third-order valence-corrected chi connectivity index (χ3v) is 3.63. The van der Waals surface area contributed by atoms with Crippen LogP contribution in [-0.4, -0.2) is 58.4 Å². The summed E-state index contributed by atoms with van der Waals surface area (Å²) in [5, 5.41) is 1.70. The Bertz CT molecular complexity index is 496. The summed E-state index contributed by atoms with van der Waals surface area (Å²) in [5.41, 5.74) is 2.01. The molecule has 3 heterocycles. The number of fused-ring (bicyclic) bond motifs is 1. The van der Waals surface area contributed by atoms with Gasteiger partial charge in [-0.3, -0.25) is 0 Å². The summed E-state index contributed by atoms with van der Waals surface area (Å²) in [6.07, 6.45) is 3.78. The van der Waals surface area contributed by atoms with E-state index in [9.17, 15) is 4.79 Å². The average molecular weight is 278 g/mol. The van der Waals surface area contributed by atoms with Gasteiger partial charge in [0.05, 0.1) is 38.0 Å². The van der Waals surface area contributed by atoms with E-state index in [1.165, 1.54) is 6.33 Å². The summed E-state index contributed by atoms with van der Waals surface area (Å²) < 4.78 is 5.32. The van der Waals surface area contributed by atoms with Gasteiger partial charge >= 0.3 is 6.09 Å². The lowest BCUT2D eigenvalue weighted by molar-refractivity contribution is -0.183. The maximum atomic E-state index is 12.2. The highest BCUT2D eigenvalue weighted by Gasteiger charge is 2.28. The van der Waals surface area contributed by atoms with Gasteiger partial charge in [0.1, 0.15) is 6.33 Å². The molecule has 0 aromatic carbocycles. The molecule has 1 aromatic rings. The normalized spacial score (nSPS) is 23.2. The molecule has 1 fully saturated rings. The van der Waals surface area contributed by atoms with E-state index in [0.717, 1.165) is 17.7 Å². The van der Waals surface area contributed by atoms with Crippen LogP contribution in [0, 0.1) is 0 Å². The second-order valence-electron chi connectivity index (χ2n) is 5.09. The van der Waals surface area contributed by atoms with Crippen LogP contribution < -0.4 is 0 Å². The van der Waals surface area contributed by atoms with Crippen molar-refractivity contribution in [1.82, 2.24) is 19.9 Å². The monoisotopic (exact) mass is 278 g/mol. The van der Waals surface area contributed by atoms with Gasteiger partial charge in [0.25, 0.3) is 0 Å². The molecular weight excluding hydrogens is 260 g/mol. The Labute approximate surface area is 117 Å². The van der Waals surface area contributed by atoms with Gasteiger partial charge in [-0.1, -0.05) is 0 Å². The molecule has 20 heavy (non-hydrogen) atoms. The topological polar surface area (TPSA) is 67.8 Å². The Morgan fingerprint density at radius 3 is 3.25 bits per heavy atom. The first kappa shape index (κ1) is 13.3. The van der Waals surface area contributed by atoms with Crippen molar-refractivity contribution in [2.24, 2.45) is 0 Å². The van der Waals surface area contributed by atoms with Crippen molar-refractivity contribution in [3.05, 3.63) is 23.8 Å². The highest BCUT2D eigenvalue weighted by Crippen LogP contribution is 2.17. The molecule has 0 bridgehead atoms. The fourth-order valence-electron chi connectivity index (χ4n) is 2.41. The van der Waals surface area contributed by atoms with Crippen LogP contribution in [0.2, 0.25) is 0 Å². The number of hydrogen-bond donors (Lipinski definition) is 0. The van der Waals surface area contributed by atoms with Crippen molar-refractivity contribution in [1.29, 1.82) is 0 Å². The molecule has 0 aliphatic carbocycles. The predicted molar refractivity (Wildman–Crippen MR) is 69.6 cm³/mol. The molecule has 1 saturated heterocycles. The van der Waals surface area contributed by atoms with Gasteiger partial charge in [0.2, 0.25) is 0 Å². The maximum Gasteiger partial charge on any atom is 0.429 e. The summed E-state index contributed by atoms with van der Waals surface area (Å²) in [7, 11) is 0. The molecule has 0 saturated carbocycles. The second kappa shape index (κ2) is 5.72. The molecule has 2 aliphatic rings. The maximum absolute atomic E-state index is 12.2. The Morgan fingerprint density at radius 2 is 2.40 bits per heavy atom. The second-order valence-corrected chi connectivity index (χ2v) is 5.09. The van der Waals surface area contributed by atoms with E-state index >= 15 is 0 Å². The lowest BCUT2D eigenvalue weighted by Crippen LogP contribution is -2.48. The van der Waals surface area contributed by atoms with E-state index in [-0.39, 0.29) is 12.1 Å². The zero-order valence-electron chi connectivity index (χ0n) is 11.5. The van der Waals surface area contributed by atoms with Crippen LogP contribution in [0.15, 0.2) is 12.5 Å². The standard InChI is InChI=1S/C13H18N4O3/c1-10-8-19-5-4-17(10)20-13(18)16-3-2-11-6-14-9-15-12(11)7-16/h6,9-10H,2-5,7-8H2,1H3. The van der Waals surface area contributed by atoms with Crippen molar-refractivity contribution < 1.29 is 14.4 Å². The lowest BCUT2D eigenvalue weighted by atomic mass is 10.1. The van der Waals surface area contributed by atoms with Gasteiger partial charge in [-0.15, -0.1) is 5.06 Å². The third kappa shape index (κ3) is 2.73. The van der Waals surface area contributed by atoms with Gasteiger partial charge < -0.3 is 14.5 Å². The Kier molecular flexibility index (Phi) is 3.79. The lowest BCUT2D eigenvalue weighted by Gasteiger charge is -2.34. The van der Waals surface area contributed by atoms with Crippen LogP contribution in [0.4, 0.5) is 4.79 Å². The van der Waals surface area contributed by atoms with E-state index < -0.39 is 0 Å². The van der Waals surface area contributed by atoms with Crippen LogP contribution in [0.1, 0.15) is 18.2 Å². The fraction of sp³-hybridized carbons (Fsp3) is 0.615. The molecule has 108 valence electrons. The third-order valence-electron chi connectivity index (χ3n) is 3.63. The summed E-state index contributed by atoms with van der Waals surface area (Å²) >= 11 is 0. The Hall–Kier alpha value is -1.73. The van der Waals surface area contributed by atoms with Crippen molar-refractivity contribution in [2.75, 3.05) is 26.3 Å². The Balaban J connectivity index is 1.61. The molecule has 1 atom stereocenters. The van der Waals surface area contributed by atoms with E-state index in [1.807, 2.05) is 13.1 Å². The summed E-state index contributed by atoms with van der Waals surface area (Å²) in [6.45, 7) is 4.88. The quantitative estimate of drug-likeness (QED) is 0.749. The van der Waals surface area contributed by atoms with Crippen molar-refractivity contribution in [3.63, 3.8) is 0 Å². The molecule has 7 heteroatoms. The number of hydrogen-bond acceptors (Lipinski definition) is 6. The minimum Gasteiger partial charge on any atom is -0.378 e. The molecule has 0 N–H and O–H groups in total.